The number of morpholine rings is 1. The van der Waals surface area contributed by atoms with Gasteiger partial charge in [0.25, 0.3) is 5.91 Å². The number of benzene rings is 1. The van der Waals surface area contributed by atoms with E-state index in [1.807, 2.05) is 55.5 Å². The van der Waals surface area contributed by atoms with E-state index in [4.69, 9.17) is 14.7 Å². The number of pyridine rings is 1. The maximum absolute atomic E-state index is 12.5. The molecule has 0 atom stereocenters. The highest BCUT2D eigenvalue weighted by Gasteiger charge is 2.29. The number of ether oxygens (including phenoxy) is 1. The van der Waals surface area contributed by atoms with E-state index >= 15 is 0 Å². The molecule has 9 nitrogen and oxygen atoms in total. The van der Waals surface area contributed by atoms with Gasteiger partial charge in [-0.05, 0) is 44.8 Å². The first kappa shape index (κ1) is 23.2. The minimum atomic E-state index is -0.0666. The maximum atomic E-state index is 12.5. The second-order valence-corrected chi connectivity index (χ2v) is 9.02. The fraction of sp³-hybridized carbons (Fsp3) is 0.385. The minimum Gasteiger partial charge on any atom is -0.378 e. The zero-order valence-corrected chi connectivity index (χ0v) is 20.3. The largest absolute Gasteiger partial charge is 0.378 e. The highest BCUT2D eigenvalue weighted by Crippen LogP contribution is 2.39. The predicted octanol–water partition coefficient (Wildman–Crippen LogP) is 2.36. The van der Waals surface area contributed by atoms with Gasteiger partial charge in [-0.25, -0.2) is 4.98 Å². The van der Waals surface area contributed by atoms with Crippen molar-refractivity contribution in [3.8, 4) is 11.3 Å². The van der Waals surface area contributed by atoms with Crippen LogP contribution in [0.25, 0.3) is 11.3 Å². The second kappa shape index (κ2) is 10.4. The van der Waals surface area contributed by atoms with Crippen molar-refractivity contribution in [2.24, 2.45) is 0 Å². The second-order valence-electron chi connectivity index (χ2n) is 9.02. The fourth-order valence-electron chi connectivity index (χ4n) is 4.43. The molecule has 0 unspecified atom stereocenters. The number of hydrogen-bond acceptors (Lipinski definition) is 8. The number of likely N-dealkylation sites (N-methyl/N-ethyl adjacent to an activating group) is 1. The van der Waals surface area contributed by atoms with Gasteiger partial charge < -0.3 is 24.8 Å². The van der Waals surface area contributed by atoms with Crippen LogP contribution in [0, 0.1) is 0 Å². The third-order valence-electron chi connectivity index (χ3n) is 6.33. The van der Waals surface area contributed by atoms with Crippen molar-refractivity contribution >= 4 is 23.4 Å². The van der Waals surface area contributed by atoms with E-state index in [9.17, 15) is 4.79 Å². The number of nitrogens with zero attached hydrogens (tertiary/aromatic N) is 6. The molecule has 35 heavy (non-hydrogen) atoms. The monoisotopic (exact) mass is 473 g/mol. The molecule has 5 rings (SSSR count). The number of aromatic nitrogens is 3. The predicted molar refractivity (Wildman–Crippen MR) is 136 cm³/mol. The summed E-state index contributed by atoms with van der Waals surface area (Å²) in [7, 11) is 3.98. The Kier molecular flexibility index (Phi) is 6.87. The third-order valence-corrected chi connectivity index (χ3v) is 6.33. The lowest BCUT2D eigenvalue weighted by molar-refractivity contribution is 0.0951. The summed E-state index contributed by atoms with van der Waals surface area (Å²) < 4.78 is 5.54. The lowest BCUT2D eigenvalue weighted by Crippen LogP contribution is -2.37. The van der Waals surface area contributed by atoms with Crippen LogP contribution in [0.1, 0.15) is 15.9 Å². The molecule has 2 aliphatic rings. The molecule has 0 radical (unpaired) electrons. The van der Waals surface area contributed by atoms with Gasteiger partial charge in [0.1, 0.15) is 5.82 Å². The van der Waals surface area contributed by atoms with E-state index < -0.39 is 0 Å². The quantitative estimate of drug-likeness (QED) is 0.560. The van der Waals surface area contributed by atoms with E-state index in [0.29, 0.717) is 31.3 Å². The Bertz CT molecular complexity index is 1160. The van der Waals surface area contributed by atoms with Crippen LogP contribution in [0.3, 0.4) is 0 Å². The van der Waals surface area contributed by atoms with Crippen molar-refractivity contribution in [1.29, 1.82) is 0 Å². The summed E-state index contributed by atoms with van der Waals surface area (Å²) in [5.41, 5.74) is 4.68. The van der Waals surface area contributed by atoms with Gasteiger partial charge >= 0.3 is 0 Å². The Morgan fingerprint density at radius 1 is 1.09 bits per heavy atom. The summed E-state index contributed by atoms with van der Waals surface area (Å²) in [6.45, 7) is 5.09. The average molecular weight is 474 g/mol. The number of anilines is 3. The van der Waals surface area contributed by atoms with Crippen LogP contribution in [0.2, 0.25) is 0 Å². The van der Waals surface area contributed by atoms with Crippen molar-refractivity contribution in [1.82, 2.24) is 25.2 Å². The van der Waals surface area contributed by atoms with Crippen LogP contribution in [0.15, 0.2) is 48.8 Å². The number of hydrogen-bond donors (Lipinski definition) is 1. The molecular weight excluding hydrogens is 442 g/mol. The molecule has 4 heterocycles. The van der Waals surface area contributed by atoms with Gasteiger partial charge in [-0.1, -0.05) is 12.1 Å². The van der Waals surface area contributed by atoms with Crippen molar-refractivity contribution in [2.75, 3.05) is 69.8 Å². The molecule has 2 aliphatic heterocycles. The summed E-state index contributed by atoms with van der Waals surface area (Å²) >= 11 is 0. The molecule has 2 aromatic heterocycles. The van der Waals surface area contributed by atoms with Crippen molar-refractivity contribution in [3.63, 3.8) is 0 Å². The molecule has 9 heteroatoms. The number of fused-ring (bicyclic) bond motifs is 1. The Hall–Kier alpha value is -3.56. The molecule has 1 aromatic carbocycles. The molecule has 0 bridgehead atoms. The lowest BCUT2D eigenvalue weighted by Gasteiger charge is -2.28. The molecule has 182 valence electrons. The standard InChI is InChI=1S/C26H31N7O2/c1-31(2)13-11-28-25(34)20-7-5-19(6-8-20)23-22-9-12-33(21-4-3-10-27-18-21)24(22)30-26(29-23)32-14-16-35-17-15-32/h3-8,10,18H,9,11-17H2,1-2H3,(H,28,34). The van der Waals surface area contributed by atoms with Gasteiger partial charge in [0.2, 0.25) is 5.95 Å². The number of carbonyl (C=O) groups is 1. The van der Waals surface area contributed by atoms with Crippen LogP contribution < -0.4 is 15.1 Å². The highest BCUT2D eigenvalue weighted by atomic mass is 16.5. The van der Waals surface area contributed by atoms with Crippen LogP contribution in [-0.2, 0) is 11.2 Å². The first-order valence-corrected chi connectivity index (χ1v) is 12.0. The van der Waals surface area contributed by atoms with Gasteiger partial charge in [0, 0.05) is 55.6 Å². The highest BCUT2D eigenvalue weighted by molar-refractivity contribution is 5.94. The maximum Gasteiger partial charge on any atom is 0.251 e. The molecule has 0 saturated carbocycles. The van der Waals surface area contributed by atoms with Gasteiger partial charge in [0.05, 0.1) is 30.8 Å². The van der Waals surface area contributed by atoms with Crippen LogP contribution >= 0.6 is 0 Å². The van der Waals surface area contributed by atoms with Crippen molar-refractivity contribution < 1.29 is 9.53 Å². The molecule has 0 aliphatic carbocycles. The zero-order chi connectivity index (χ0) is 24.2. The molecule has 1 amide bonds. The smallest absolute Gasteiger partial charge is 0.251 e. The summed E-state index contributed by atoms with van der Waals surface area (Å²) in [5.74, 6) is 1.57. The van der Waals surface area contributed by atoms with Crippen LogP contribution in [0.4, 0.5) is 17.5 Å². The lowest BCUT2D eigenvalue weighted by atomic mass is 10.0. The van der Waals surface area contributed by atoms with E-state index in [1.165, 1.54) is 0 Å². The van der Waals surface area contributed by atoms with Gasteiger partial charge in [-0.2, -0.15) is 4.98 Å². The van der Waals surface area contributed by atoms with Crippen LogP contribution in [0.5, 0.6) is 0 Å². The molecule has 0 spiro atoms. The topological polar surface area (TPSA) is 86.7 Å². The molecule has 1 saturated heterocycles. The molecule has 1 N–H and O–H groups in total. The van der Waals surface area contributed by atoms with Crippen LogP contribution in [-0.4, -0.2) is 85.8 Å². The molecular formula is C26H31N7O2. The summed E-state index contributed by atoms with van der Waals surface area (Å²) in [5, 5.41) is 2.97. The first-order chi connectivity index (χ1) is 17.1. The summed E-state index contributed by atoms with van der Waals surface area (Å²) in [4.78, 5) is 33.3. The number of carbonyl (C=O) groups excluding carboxylic acids is 1. The number of rotatable bonds is 7. The summed E-state index contributed by atoms with van der Waals surface area (Å²) in [6, 6.07) is 11.7. The third kappa shape index (κ3) is 5.11. The SMILES string of the molecule is CN(C)CCNC(=O)c1ccc(-c2nc(N3CCOCC3)nc3c2CCN3c2cccnc2)cc1. The Morgan fingerprint density at radius 2 is 1.89 bits per heavy atom. The van der Waals surface area contributed by atoms with E-state index in [1.54, 1.807) is 6.20 Å². The Labute approximate surface area is 205 Å². The molecule has 1 fully saturated rings. The first-order valence-electron chi connectivity index (χ1n) is 12.0. The zero-order valence-electron chi connectivity index (χ0n) is 20.3. The molecule has 3 aromatic rings. The Morgan fingerprint density at radius 3 is 2.60 bits per heavy atom. The summed E-state index contributed by atoms with van der Waals surface area (Å²) in [6.07, 6.45) is 4.49. The van der Waals surface area contributed by atoms with E-state index in [2.05, 4.69) is 26.2 Å². The normalized spacial score (nSPS) is 15.4. The van der Waals surface area contributed by atoms with Gasteiger partial charge in [-0.3, -0.25) is 9.78 Å². The number of nitrogens with one attached hydrogen (secondary N) is 1. The van der Waals surface area contributed by atoms with Crippen molar-refractivity contribution in [3.05, 3.63) is 59.9 Å². The number of amides is 1. The minimum absolute atomic E-state index is 0.0666. The van der Waals surface area contributed by atoms with Gasteiger partial charge in [0.15, 0.2) is 0 Å². The van der Waals surface area contributed by atoms with E-state index in [-0.39, 0.29) is 5.91 Å². The fourth-order valence-corrected chi connectivity index (χ4v) is 4.43. The van der Waals surface area contributed by atoms with Crippen molar-refractivity contribution in [2.45, 2.75) is 6.42 Å². The Balaban J connectivity index is 1.47. The van der Waals surface area contributed by atoms with E-state index in [0.717, 1.165) is 60.9 Å². The average Bonchev–Trinajstić information content (AvgIpc) is 3.33. The van der Waals surface area contributed by atoms with Gasteiger partial charge in [-0.15, -0.1) is 0 Å².